The zero-order chi connectivity index (χ0) is 8.43. The van der Waals surface area contributed by atoms with Crippen LogP contribution in [0.1, 0.15) is 5.56 Å². The minimum atomic E-state index is -0.404. The quantitative estimate of drug-likeness (QED) is 0.337. The van der Waals surface area contributed by atoms with Crippen LogP contribution in [0.4, 0.5) is 5.69 Å². The highest BCUT2D eigenvalue weighted by Gasteiger charge is 2.09. The first-order valence-corrected chi connectivity index (χ1v) is 3.95. The number of aromatic nitrogens is 1. The summed E-state index contributed by atoms with van der Waals surface area (Å²) >= 11 is 1.94. The molecular formula is C6H5IN2O2. The van der Waals surface area contributed by atoms with Gasteiger partial charge in [-0.1, -0.05) is 0 Å². The van der Waals surface area contributed by atoms with Crippen LogP contribution in [0.2, 0.25) is 0 Å². The van der Waals surface area contributed by atoms with Gasteiger partial charge in [0.1, 0.15) is 3.70 Å². The van der Waals surface area contributed by atoms with Gasteiger partial charge in [0.2, 0.25) is 0 Å². The minimum Gasteiger partial charge on any atom is -0.258 e. The Kier molecular flexibility index (Phi) is 2.38. The van der Waals surface area contributed by atoms with E-state index >= 15 is 0 Å². The third-order valence-corrected chi connectivity index (χ3v) is 1.83. The van der Waals surface area contributed by atoms with Gasteiger partial charge < -0.3 is 0 Å². The van der Waals surface area contributed by atoms with Crippen molar-refractivity contribution in [2.75, 3.05) is 0 Å². The van der Waals surface area contributed by atoms with E-state index in [9.17, 15) is 10.1 Å². The molecule has 0 amide bonds. The van der Waals surface area contributed by atoms with Crippen molar-refractivity contribution in [1.82, 2.24) is 4.98 Å². The molecule has 1 aromatic rings. The van der Waals surface area contributed by atoms with E-state index in [-0.39, 0.29) is 5.69 Å². The lowest BCUT2D eigenvalue weighted by Crippen LogP contribution is -1.93. The third kappa shape index (κ3) is 1.86. The Balaban J connectivity index is 3.23. The van der Waals surface area contributed by atoms with Crippen molar-refractivity contribution in [3.05, 3.63) is 31.6 Å². The first kappa shape index (κ1) is 8.38. The van der Waals surface area contributed by atoms with E-state index in [1.807, 2.05) is 22.6 Å². The summed E-state index contributed by atoms with van der Waals surface area (Å²) in [6.45, 7) is 1.67. The third-order valence-electron chi connectivity index (χ3n) is 1.24. The zero-order valence-corrected chi connectivity index (χ0v) is 7.90. The molecule has 0 radical (unpaired) electrons. The van der Waals surface area contributed by atoms with Gasteiger partial charge in [-0.3, -0.25) is 10.1 Å². The van der Waals surface area contributed by atoms with Crippen molar-refractivity contribution in [2.45, 2.75) is 6.92 Å². The van der Waals surface area contributed by atoms with Gasteiger partial charge in [-0.05, 0) is 29.5 Å². The molecule has 0 spiro atoms. The molecule has 0 aliphatic rings. The van der Waals surface area contributed by atoms with E-state index in [1.165, 1.54) is 12.3 Å². The fourth-order valence-electron chi connectivity index (χ4n) is 0.685. The van der Waals surface area contributed by atoms with Crippen LogP contribution in [0.15, 0.2) is 12.3 Å². The Morgan fingerprint density at radius 1 is 1.73 bits per heavy atom. The highest BCUT2D eigenvalue weighted by molar-refractivity contribution is 14.1. The number of hydrogen-bond acceptors (Lipinski definition) is 3. The highest BCUT2D eigenvalue weighted by atomic mass is 127. The number of pyridine rings is 1. The molecule has 0 aliphatic carbocycles. The number of nitrogens with zero attached hydrogens (tertiary/aromatic N) is 2. The van der Waals surface area contributed by atoms with Crippen LogP contribution >= 0.6 is 22.6 Å². The van der Waals surface area contributed by atoms with E-state index in [0.29, 0.717) is 9.26 Å². The molecular weight excluding hydrogens is 259 g/mol. The number of nitro groups is 1. The summed E-state index contributed by atoms with van der Waals surface area (Å²) in [7, 11) is 0. The zero-order valence-electron chi connectivity index (χ0n) is 5.74. The number of aryl methyl sites for hydroxylation is 1. The SMILES string of the molecule is Cc1cnc(I)cc1[N+](=O)[O-]. The topological polar surface area (TPSA) is 56.0 Å². The van der Waals surface area contributed by atoms with Crippen LogP contribution in [-0.4, -0.2) is 9.91 Å². The summed E-state index contributed by atoms with van der Waals surface area (Å²) in [6.07, 6.45) is 1.50. The van der Waals surface area contributed by atoms with E-state index in [4.69, 9.17) is 0 Å². The molecule has 5 heteroatoms. The molecule has 1 aromatic heterocycles. The molecule has 0 aromatic carbocycles. The Bertz CT molecular complexity index is 301. The fraction of sp³-hybridized carbons (Fsp3) is 0.167. The lowest BCUT2D eigenvalue weighted by Gasteiger charge is -1.94. The average Bonchev–Trinajstić information content (AvgIpc) is 1.94. The van der Waals surface area contributed by atoms with Gasteiger partial charge in [0, 0.05) is 17.8 Å². The van der Waals surface area contributed by atoms with Crippen LogP contribution in [0, 0.1) is 20.7 Å². The molecule has 11 heavy (non-hydrogen) atoms. The van der Waals surface area contributed by atoms with E-state index in [1.54, 1.807) is 6.92 Å². The van der Waals surface area contributed by atoms with Gasteiger partial charge >= 0.3 is 0 Å². The minimum absolute atomic E-state index is 0.129. The monoisotopic (exact) mass is 264 g/mol. The molecule has 0 saturated carbocycles. The van der Waals surface area contributed by atoms with E-state index in [0.717, 1.165) is 0 Å². The lowest BCUT2D eigenvalue weighted by atomic mass is 10.3. The average molecular weight is 264 g/mol. The molecule has 1 heterocycles. The summed E-state index contributed by atoms with van der Waals surface area (Å²) < 4.78 is 0.639. The fourth-order valence-corrected chi connectivity index (χ4v) is 1.12. The molecule has 4 nitrogen and oxygen atoms in total. The first-order chi connectivity index (χ1) is 5.11. The molecule has 0 saturated heterocycles. The smallest absolute Gasteiger partial charge is 0.258 e. The Labute approximate surface area is 76.9 Å². The molecule has 0 bridgehead atoms. The van der Waals surface area contributed by atoms with E-state index in [2.05, 4.69) is 4.98 Å². The molecule has 58 valence electrons. The summed E-state index contributed by atoms with van der Waals surface area (Å²) in [6, 6.07) is 1.45. The summed E-state index contributed by atoms with van der Waals surface area (Å²) in [5, 5.41) is 10.3. The highest BCUT2D eigenvalue weighted by Crippen LogP contribution is 2.17. The van der Waals surface area contributed by atoms with Crippen LogP contribution < -0.4 is 0 Å². The summed E-state index contributed by atoms with van der Waals surface area (Å²) in [5.41, 5.74) is 0.722. The predicted molar refractivity (Wildman–Crippen MR) is 48.3 cm³/mol. The molecule has 0 fully saturated rings. The molecule has 0 N–H and O–H groups in total. The van der Waals surface area contributed by atoms with Crippen LogP contribution in [0.5, 0.6) is 0 Å². The van der Waals surface area contributed by atoms with Gasteiger partial charge in [0.05, 0.1) is 4.92 Å². The van der Waals surface area contributed by atoms with Crippen molar-refractivity contribution < 1.29 is 4.92 Å². The van der Waals surface area contributed by atoms with Crippen molar-refractivity contribution in [3.63, 3.8) is 0 Å². The van der Waals surface area contributed by atoms with Gasteiger partial charge in [-0.2, -0.15) is 0 Å². The Hall–Kier alpha value is -0.720. The standard InChI is InChI=1S/C6H5IN2O2/c1-4-3-8-6(7)2-5(4)9(10)11/h2-3H,1H3. The lowest BCUT2D eigenvalue weighted by molar-refractivity contribution is -0.385. The van der Waals surface area contributed by atoms with Crippen LogP contribution in [0.3, 0.4) is 0 Å². The van der Waals surface area contributed by atoms with Crippen LogP contribution in [-0.2, 0) is 0 Å². The predicted octanol–water partition coefficient (Wildman–Crippen LogP) is 1.90. The normalized spacial score (nSPS) is 9.64. The van der Waals surface area contributed by atoms with E-state index < -0.39 is 4.92 Å². The van der Waals surface area contributed by atoms with Crippen molar-refractivity contribution in [2.24, 2.45) is 0 Å². The van der Waals surface area contributed by atoms with Crippen LogP contribution in [0.25, 0.3) is 0 Å². The number of hydrogen-bond donors (Lipinski definition) is 0. The summed E-state index contributed by atoms with van der Waals surface area (Å²) in [5.74, 6) is 0. The first-order valence-electron chi connectivity index (χ1n) is 2.88. The largest absolute Gasteiger partial charge is 0.276 e. The summed E-state index contributed by atoms with van der Waals surface area (Å²) in [4.78, 5) is 13.8. The second-order valence-electron chi connectivity index (χ2n) is 2.05. The Morgan fingerprint density at radius 3 is 2.82 bits per heavy atom. The van der Waals surface area contributed by atoms with Gasteiger partial charge in [0.25, 0.3) is 5.69 Å². The molecule has 1 rings (SSSR count). The second-order valence-corrected chi connectivity index (χ2v) is 3.16. The maximum Gasteiger partial charge on any atom is 0.276 e. The van der Waals surface area contributed by atoms with Gasteiger partial charge in [-0.25, -0.2) is 4.98 Å². The Morgan fingerprint density at radius 2 is 2.36 bits per heavy atom. The van der Waals surface area contributed by atoms with Crippen molar-refractivity contribution in [3.8, 4) is 0 Å². The van der Waals surface area contributed by atoms with Gasteiger partial charge in [-0.15, -0.1) is 0 Å². The number of halogens is 1. The maximum atomic E-state index is 10.3. The maximum absolute atomic E-state index is 10.3. The molecule has 0 aliphatic heterocycles. The van der Waals surface area contributed by atoms with Crippen molar-refractivity contribution >= 4 is 28.3 Å². The molecule has 0 unspecified atom stereocenters. The molecule has 0 atom stereocenters. The van der Waals surface area contributed by atoms with Gasteiger partial charge in [0.15, 0.2) is 0 Å². The number of rotatable bonds is 1. The van der Waals surface area contributed by atoms with Crippen molar-refractivity contribution in [1.29, 1.82) is 0 Å². The second kappa shape index (κ2) is 3.12.